The second kappa shape index (κ2) is 6.70. The van der Waals surface area contributed by atoms with Gasteiger partial charge in [-0.25, -0.2) is 0 Å². The molecule has 0 saturated carbocycles. The molecule has 1 nitrogen and oxygen atoms in total. The fraction of sp³-hybridized carbons (Fsp3) is 0.100. The predicted octanol–water partition coefficient (Wildman–Crippen LogP) is 3.76. The summed E-state index contributed by atoms with van der Waals surface area (Å²) in [4.78, 5) is 0. The third-order valence-corrected chi connectivity index (χ3v) is 8.93. The molecular weight excluding hydrogens is 319 g/mol. The second-order valence-electron chi connectivity index (χ2n) is 5.48. The lowest BCUT2D eigenvalue weighted by molar-refractivity contribution is 0.415. The molecule has 1 unspecified atom stereocenters. The first-order valence-electron chi connectivity index (χ1n) is 7.52. The van der Waals surface area contributed by atoms with Crippen LogP contribution in [0.25, 0.3) is 0 Å². The Bertz CT molecular complexity index is 824. The average Bonchev–Trinajstić information content (AvgIpc) is 2.62. The molecule has 116 valence electrons. The fourth-order valence-electron chi connectivity index (χ4n) is 2.63. The van der Waals surface area contributed by atoms with Crippen LogP contribution in [0.15, 0.2) is 78.9 Å². The monoisotopic (exact) mass is 338 g/mol. The molecule has 0 spiro atoms. The van der Waals surface area contributed by atoms with Gasteiger partial charge in [0.15, 0.2) is 0 Å². The molecule has 0 aliphatic rings. The minimum absolute atomic E-state index is 0.854. The van der Waals surface area contributed by atoms with Gasteiger partial charge in [-0.05, 0) is 47.1 Å². The summed E-state index contributed by atoms with van der Waals surface area (Å²) < 4.78 is 5.29. The zero-order valence-electron chi connectivity index (χ0n) is 13.3. The van der Waals surface area contributed by atoms with Crippen molar-refractivity contribution in [3.63, 3.8) is 0 Å². The van der Waals surface area contributed by atoms with Crippen LogP contribution in [0.1, 0.15) is 5.56 Å². The maximum atomic E-state index is 6.29. The fourth-order valence-corrected chi connectivity index (χ4v) is 6.35. The molecule has 3 aromatic rings. The molecular formula is C20H19OPS. The molecule has 1 atom stereocenters. The molecule has 3 heteroatoms. The SMILES string of the molecule is COc1ccc(P(=S)(c2ccccc2)c2ccc(C)cc2)cc1. The van der Waals surface area contributed by atoms with Crippen molar-refractivity contribution < 1.29 is 4.74 Å². The minimum Gasteiger partial charge on any atom is -0.497 e. The minimum atomic E-state index is -2.05. The standard InChI is InChI=1S/C20H19OPS/c1-16-8-12-19(13-9-16)22(23,18-6-4-3-5-7-18)20-14-10-17(21-2)11-15-20/h3-15H,1-2H3. The summed E-state index contributed by atoms with van der Waals surface area (Å²) in [5.41, 5.74) is 1.25. The van der Waals surface area contributed by atoms with E-state index in [2.05, 4.69) is 67.6 Å². The Hall–Kier alpha value is -1.89. The molecule has 0 N–H and O–H groups in total. The van der Waals surface area contributed by atoms with Gasteiger partial charge in [0.05, 0.1) is 7.11 Å². The van der Waals surface area contributed by atoms with Crippen LogP contribution < -0.4 is 20.7 Å². The molecule has 0 bridgehead atoms. The highest BCUT2D eigenvalue weighted by atomic mass is 32.4. The summed E-state index contributed by atoms with van der Waals surface area (Å²) >= 11 is 6.29. The highest BCUT2D eigenvalue weighted by Crippen LogP contribution is 2.42. The number of ether oxygens (including phenoxy) is 1. The van der Waals surface area contributed by atoms with Crippen molar-refractivity contribution in [1.82, 2.24) is 0 Å². The van der Waals surface area contributed by atoms with Gasteiger partial charge in [0.2, 0.25) is 0 Å². The Labute approximate surface area is 143 Å². The van der Waals surface area contributed by atoms with E-state index in [1.807, 2.05) is 18.2 Å². The van der Waals surface area contributed by atoms with Gasteiger partial charge in [0.1, 0.15) is 5.75 Å². The van der Waals surface area contributed by atoms with Gasteiger partial charge >= 0.3 is 0 Å². The molecule has 0 aromatic heterocycles. The van der Waals surface area contributed by atoms with Gasteiger partial charge in [-0.1, -0.05) is 72.0 Å². The van der Waals surface area contributed by atoms with Crippen LogP contribution in [0, 0.1) is 6.92 Å². The highest BCUT2D eigenvalue weighted by Gasteiger charge is 2.24. The summed E-state index contributed by atoms with van der Waals surface area (Å²) in [6, 6.07) is 25.2. The zero-order valence-corrected chi connectivity index (χ0v) is 15.0. The number of hydrogen-bond acceptors (Lipinski definition) is 2. The van der Waals surface area contributed by atoms with Crippen LogP contribution >= 0.6 is 6.04 Å². The molecule has 0 radical (unpaired) electrons. The normalized spacial score (nSPS) is 13.3. The molecule has 3 aromatic carbocycles. The maximum Gasteiger partial charge on any atom is 0.118 e. The van der Waals surface area contributed by atoms with E-state index in [1.54, 1.807) is 7.11 Å². The van der Waals surface area contributed by atoms with Crippen LogP contribution in [0.4, 0.5) is 0 Å². The van der Waals surface area contributed by atoms with Crippen molar-refractivity contribution in [2.45, 2.75) is 6.92 Å². The summed E-state index contributed by atoms with van der Waals surface area (Å²) in [6.07, 6.45) is 0. The van der Waals surface area contributed by atoms with Gasteiger partial charge in [-0.15, -0.1) is 0 Å². The van der Waals surface area contributed by atoms with Crippen molar-refractivity contribution in [2.75, 3.05) is 7.11 Å². The van der Waals surface area contributed by atoms with E-state index in [0.717, 1.165) is 5.75 Å². The van der Waals surface area contributed by atoms with Crippen LogP contribution in [-0.4, -0.2) is 7.11 Å². The van der Waals surface area contributed by atoms with Gasteiger partial charge in [-0.3, -0.25) is 0 Å². The van der Waals surface area contributed by atoms with Gasteiger partial charge in [-0.2, -0.15) is 0 Å². The van der Waals surface area contributed by atoms with E-state index in [1.165, 1.54) is 21.5 Å². The van der Waals surface area contributed by atoms with E-state index in [9.17, 15) is 0 Å². The summed E-state index contributed by atoms with van der Waals surface area (Å²) in [5.74, 6) is 0.854. The Morgan fingerprint density at radius 1 is 0.696 bits per heavy atom. The Kier molecular flexibility index (Phi) is 4.66. The largest absolute Gasteiger partial charge is 0.497 e. The predicted molar refractivity (Wildman–Crippen MR) is 104 cm³/mol. The highest BCUT2D eigenvalue weighted by molar-refractivity contribution is 8.25. The molecule has 0 saturated heterocycles. The smallest absolute Gasteiger partial charge is 0.118 e. The van der Waals surface area contributed by atoms with Crippen molar-refractivity contribution in [1.29, 1.82) is 0 Å². The van der Waals surface area contributed by atoms with E-state index < -0.39 is 6.04 Å². The van der Waals surface area contributed by atoms with Crippen molar-refractivity contribution in [3.8, 4) is 5.75 Å². The molecule has 0 aliphatic carbocycles. The molecule has 0 heterocycles. The van der Waals surface area contributed by atoms with E-state index in [4.69, 9.17) is 16.5 Å². The number of methoxy groups -OCH3 is 1. The first kappa shape index (κ1) is 16.0. The third kappa shape index (κ3) is 3.10. The lowest BCUT2D eigenvalue weighted by Gasteiger charge is -2.24. The third-order valence-electron chi connectivity index (χ3n) is 3.95. The van der Waals surface area contributed by atoms with Gasteiger partial charge in [0, 0.05) is 6.04 Å². The van der Waals surface area contributed by atoms with E-state index in [0.29, 0.717) is 0 Å². The summed E-state index contributed by atoms with van der Waals surface area (Å²) in [5, 5.41) is 3.61. The lowest BCUT2D eigenvalue weighted by atomic mass is 10.2. The lowest BCUT2D eigenvalue weighted by Crippen LogP contribution is -2.24. The number of aryl methyl sites for hydroxylation is 1. The Balaban J connectivity index is 2.21. The Morgan fingerprint density at radius 2 is 1.17 bits per heavy atom. The van der Waals surface area contributed by atoms with Crippen molar-refractivity contribution in [2.24, 2.45) is 0 Å². The van der Waals surface area contributed by atoms with Crippen LogP contribution in [0.2, 0.25) is 0 Å². The average molecular weight is 338 g/mol. The number of hydrogen-bond donors (Lipinski definition) is 0. The van der Waals surface area contributed by atoms with Crippen LogP contribution in [0.3, 0.4) is 0 Å². The first-order chi connectivity index (χ1) is 11.1. The molecule has 0 amide bonds. The molecule has 0 aliphatic heterocycles. The molecule has 3 rings (SSSR count). The maximum absolute atomic E-state index is 6.29. The molecule has 23 heavy (non-hydrogen) atoms. The first-order valence-corrected chi connectivity index (χ1v) is 10.3. The number of rotatable bonds is 4. The van der Waals surface area contributed by atoms with Crippen molar-refractivity contribution >= 4 is 33.8 Å². The number of benzene rings is 3. The van der Waals surface area contributed by atoms with Crippen LogP contribution in [0.5, 0.6) is 5.75 Å². The Morgan fingerprint density at radius 3 is 1.70 bits per heavy atom. The summed E-state index contributed by atoms with van der Waals surface area (Å²) in [7, 11) is 1.68. The topological polar surface area (TPSA) is 9.23 Å². The van der Waals surface area contributed by atoms with Crippen molar-refractivity contribution in [3.05, 3.63) is 84.4 Å². The van der Waals surface area contributed by atoms with E-state index in [-0.39, 0.29) is 0 Å². The zero-order chi connectivity index (χ0) is 16.3. The van der Waals surface area contributed by atoms with Crippen LogP contribution in [-0.2, 0) is 11.8 Å². The summed E-state index contributed by atoms with van der Waals surface area (Å²) in [6.45, 7) is 2.10. The van der Waals surface area contributed by atoms with E-state index >= 15 is 0 Å². The quantitative estimate of drug-likeness (QED) is 0.670. The second-order valence-corrected chi connectivity index (χ2v) is 9.89. The molecule has 0 fully saturated rings. The van der Waals surface area contributed by atoms with Gasteiger partial charge < -0.3 is 4.74 Å². The van der Waals surface area contributed by atoms with Gasteiger partial charge in [0.25, 0.3) is 0 Å².